The third-order valence-electron chi connectivity index (χ3n) is 5.26. The second-order valence-corrected chi connectivity index (χ2v) is 7.20. The molecule has 7 nitrogen and oxygen atoms in total. The number of carbonyl (C=O) groups is 3. The Balaban J connectivity index is 1.69. The number of hydrogen-bond donors (Lipinski definition) is 1. The Morgan fingerprint density at radius 2 is 1.86 bits per heavy atom. The van der Waals surface area contributed by atoms with Crippen molar-refractivity contribution in [2.45, 2.75) is 20.3 Å². The van der Waals surface area contributed by atoms with Crippen LogP contribution >= 0.6 is 0 Å². The molecule has 0 saturated carbocycles. The molecule has 1 unspecified atom stereocenters. The van der Waals surface area contributed by atoms with Crippen LogP contribution in [0.25, 0.3) is 0 Å². The van der Waals surface area contributed by atoms with Crippen LogP contribution in [0.2, 0.25) is 0 Å². The van der Waals surface area contributed by atoms with Crippen molar-refractivity contribution in [3.63, 3.8) is 0 Å². The summed E-state index contributed by atoms with van der Waals surface area (Å²) >= 11 is 0. The Morgan fingerprint density at radius 3 is 2.52 bits per heavy atom. The number of rotatable bonds is 6. The first-order chi connectivity index (χ1) is 13.8. The first kappa shape index (κ1) is 20.4. The van der Waals surface area contributed by atoms with Gasteiger partial charge in [0.25, 0.3) is 0 Å². The van der Waals surface area contributed by atoms with Crippen LogP contribution in [0.3, 0.4) is 0 Å². The van der Waals surface area contributed by atoms with Gasteiger partial charge in [-0.25, -0.2) is 4.79 Å². The summed E-state index contributed by atoms with van der Waals surface area (Å²) in [5.74, 6) is -1.25. The monoisotopic (exact) mass is 396 g/mol. The molecular weight excluding hydrogens is 372 g/mol. The minimum Gasteiger partial charge on any atom is -0.482 e. The van der Waals surface area contributed by atoms with Crippen molar-refractivity contribution in [1.82, 2.24) is 0 Å². The number of aliphatic carboxylic acids is 1. The number of carbonyl (C=O) groups excluding carboxylic acids is 2. The topological polar surface area (TPSA) is 87.2 Å². The molecule has 1 aliphatic heterocycles. The fraction of sp³-hybridized carbons (Fsp3) is 0.318. The highest BCUT2D eigenvalue weighted by Crippen LogP contribution is 2.31. The maximum atomic E-state index is 13.0. The minimum absolute atomic E-state index is 0.0529. The van der Waals surface area contributed by atoms with Crippen LogP contribution in [0.15, 0.2) is 42.5 Å². The second kappa shape index (κ2) is 8.34. The van der Waals surface area contributed by atoms with Crippen molar-refractivity contribution in [3.05, 3.63) is 53.6 Å². The molecular formula is C22H24N2O5. The number of carboxylic acids is 1. The maximum absolute atomic E-state index is 13.0. The van der Waals surface area contributed by atoms with Gasteiger partial charge in [-0.1, -0.05) is 12.1 Å². The fourth-order valence-corrected chi connectivity index (χ4v) is 3.45. The molecule has 152 valence electrons. The molecule has 1 heterocycles. The van der Waals surface area contributed by atoms with Crippen LogP contribution in [0.1, 0.15) is 17.5 Å². The predicted molar refractivity (Wildman–Crippen MR) is 109 cm³/mol. The molecule has 1 fully saturated rings. The predicted octanol–water partition coefficient (Wildman–Crippen LogP) is 2.78. The highest BCUT2D eigenvalue weighted by atomic mass is 16.5. The number of carboxylic acid groups (broad SMARTS) is 1. The third-order valence-corrected chi connectivity index (χ3v) is 5.26. The lowest BCUT2D eigenvalue weighted by molar-refractivity contribution is -0.139. The van der Waals surface area contributed by atoms with E-state index in [4.69, 9.17) is 9.84 Å². The van der Waals surface area contributed by atoms with Gasteiger partial charge in [-0.15, -0.1) is 0 Å². The van der Waals surface area contributed by atoms with Gasteiger partial charge in [0.15, 0.2) is 6.61 Å². The maximum Gasteiger partial charge on any atom is 0.341 e. The largest absolute Gasteiger partial charge is 0.482 e. The lowest BCUT2D eigenvalue weighted by Gasteiger charge is -2.23. The van der Waals surface area contributed by atoms with E-state index in [1.54, 1.807) is 36.2 Å². The Bertz CT molecular complexity index is 939. The van der Waals surface area contributed by atoms with Gasteiger partial charge in [-0.3, -0.25) is 9.59 Å². The van der Waals surface area contributed by atoms with Crippen molar-refractivity contribution >= 4 is 29.2 Å². The van der Waals surface area contributed by atoms with Crippen LogP contribution in [0, 0.1) is 19.8 Å². The molecule has 1 N–H and O–H groups in total. The van der Waals surface area contributed by atoms with Gasteiger partial charge in [0, 0.05) is 31.4 Å². The molecule has 0 spiro atoms. The van der Waals surface area contributed by atoms with Crippen LogP contribution in [0.5, 0.6) is 5.75 Å². The molecule has 2 amide bonds. The van der Waals surface area contributed by atoms with Gasteiger partial charge < -0.3 is 19.6 Å². The molecule has 1 atom stereocenters. The number of nitrogens with zero attached hydrogens (tertiary/aromatic N) is 2. The molecule has 3 rings (SSSR count). The average Bonchev–Trinajstić information content (AvgIpc) is 3.09. The summed E-state index contributed by atoms with van der Waals surface area (Å²) in [5, 5.41) is 8.66. The molecule has 2 aromatic rings. The van der Waals surface area contributed by atoms with E-state index in [1.807, 2.05) is 32.0 Å². The highest BCUT2D eigenvalue weighted by Gasteiger charge is 2.37. The zero-order chi connectivity index (χ0) is 21.1. The summed E-state index contributed by atoms with van der Waals surface area (Å²) in [6.07, 6.45) is 0.177. The molecule has 1 aliphatic rings. The van der Waals surface area contributed by atoms with Gasteiger partial charge in [-0.2, -0.15) is 0 Å². The standard InChI is InChI=1S/C22H24N2O5/c1-14-5-4-6-19(15(14)2)24-12-16(11-20(24)25)22(28)23(3)17-7-9-18(10-8-17)29-13-21(26)27/h4-10,16H,11-13H2,1-3H3,(H,26,27). The van der Waals surface area contributed by atoms with Crippen LogP contribution in [0.4, 0.5) is 11.4 Å². The number of benzene rings is 2. The van der Waals surface area contributed by atoms with E-state index in [1.165, 1.54) is 4.90 Å². The summed E-state index contributed by atoms with van der Waals surface area (Å²) in [7, 11) is 1.67. The van der Waals surface area contributed by atoms with E-state index in [9.17, 15) is 14.4 Å². The van der Waals surface area contributed by atoms with E-state index in [0.717, 1.165) is 16.8 Å². The Morgan fingerprint density at radius 1 is 1.17 bits per heavy atom. The molecule has 7 heteroatoms. The zero-order valence-corrected chi connectivity index (χ0v) is 16.7. The third kappa shape index (κ3) is 4.39. The van der Waals surface area contributed by atoms with Crippen LogP contribution < -0.4 is 14.5 Å². The molecule has 2 aromatic carbocycles. The van der Waals surface area contributed by atoms with Crippen molar-refractivity contribution in [1.29, 1.82) is 0 Å². The van der Waals surface area contributed by atoms with Gasteiger partial charge in [0.2, 0.25) is 11.8 Å². The van der Waals surface area contributed by atoms with E-state index >= 15 is 0 Å². The molecule has 0 radical (unpaired) electrons. The molecule has 0 bridgehead atoms. The average molecular weight is 396 g/mol. The molecule has 0 aliphatic carbocycles. The second-order valence-electron chi connectivity index (χ2n) is 7.20. The Hall–Kier alpha value is -3.35. The summed E-state index contributed by atoms with van der Waals surface area (Å²) in [4.78, 5) is 39.3. The van der Waals surface area contributed by atoms with Crippen molar-refractivity contribution < 1.29 is 24.2 Å². The normalized spacial score (nSPS) is 16.0. The highest BCUT2D eigenvalue weighted by molar-refractivity contribution is 6.04. The van der Waals surface area contributed by atoms with Gasteiger partial charge in [0.05, 0.1) is 5.92 Å². The smallest absolute Gasteiger partial charge is 0.341 e. The SMILES string of the molecule is Cc1cccc(N2CC(C(=O)N(C)c3ccc(OCC(=O)O)cc3)CC2=O)c1C. The summed E-state index contributed by atoms with van der Waals surface area (Å²) in [6.45, 7) is 3.91. The lowest BCUT2D eigenvalue weighted by atomic mass is 10.1. The number of aryl methyl sites for hydroxylation is 1. The van der Waals surface area contributed by atoms with Crippen molar-refractivity contribution in [3.8, 4) is 5.75 Å². The molecule has 29 heavy (non-hydrogen) atoms. The van der Waals surface area contributed by atoms with E-state index < -0.39 is 18.5 Å². The van der Waals surface area contributed by atoms with Gasteiger partial charge >= 0.3 is 5.97 Å². The number of amides is 2. The number of ether oxygens (including phenoxy) is 1. The lowest BCUT2D eigenvalue weighted by Crippen LogP contribution is -2.34. The molecule has 0 aromatic heterocycles. The van der Waals surface area contributed by atoms with E-state index in [2.05, 4.69) is 0 Å². The minimum atomic E-state index is -1.05. The number of hydrogen-bond acceptors (Lipinski definition) is 4. The van der Waals surface area contributed by atoms with Gasteiger partial charge in [0.1, 0.15) is 5.75 Å². The Kier molecular flexibility index (Phi) is 5.87. The quantitative estimate of drug-likeness (QED) is 0.811. The summed E-state index contributed by atoms with van der Waals surface area (Å²) < 4.78 is 5.11. The molecule has 1 saturated heterocycles. The fourth-order valence-electron chi connectivity index (χ4n) is 3.45. The Labute approximate surface area is 169 Å². The number of anilines is 2. The van der Waals surface area contributed by atoms with Crippen LogP contribution in [-0.2, 0) is 14.4 Å². The summed E-state index contributed by atoms with van der Waals surface area (Å²) in [6, 6.07) is 12.4. The zero-order valence-electron chi connectivity index (χ0n) is 16.7. The summed E-state index contributed by atoms with van der Waals surface area (Å²) in [5.41, 5.74) is 3.65. The van der Waals surface area contributed by atoms with Crippen molar-refractivity contribution in [2.75, 3.05) is 30.0 Å². The van der Waals surface area contributed by atoms with Crippen molar-refractivity contribution in [2.24, 2.45) is 5.92 Å². The van der Waals surface area contributed by atoms with Gasteiger partial charge in [-0.05, 0) is 55.3 Å². The van der Waals surface area contributed by atoms with E-state index in [0.29, 0.717) is 18.0 Å². The van der Waals surface area contributed by atoms with E-state index in [-0.39, 0.29) is 18.2 Å². The first-order valence-electron chi connectivity index (χ1n) is 9.36. The van der Waals surface area contributed by atoms with Crippen LogP contribution in [-0.4, -0.2) is 43.1 Å². The first-order valence-corrected chi connectivity index (χ1v) is 9.36.